The van der Waals surface area contributed by atoms with Gasteiger partial charge in [0.05, 0.1) is 30.6 Å². The number of ether oxygens (including phenoxy) is 2. The van der Waals surface area contributed by atoms with Gasteiger partial charge in [-0.1, -0.05) is 23.2 Å². The molecule has 30 heavy (non-hydrogen) atoms. The number of anilines is 1. The van der Waals surface area contributed by atoms with Crippen LogP contribution in [0.5, 0.6) is 11.5 Å². The van der Waals surface area contributed by atoms with Gasteiger partial charge in [0.25, 0.3) is 5.91 Å². The number of halogens is 2. The van der Waals surface area contributed by atoms with E-state index < -0.39 is 16.1 Å². The van der Waals surface area contributed by atoms with E-state index >= 15 is 0 Å². The Morgan fingerprint density at radius 3 is 2.37 bits per heavy atom. The number of amides is 1. The molecule has 1 aliphatic heterocycles. The molecule has 0 aliphatic carbocycles. The number of nitrogens with one attached hydrogen (secondary N) is 1. The molecule has 1 heterocycles. The van der Waals surface area contributed by atoms with E-state index in [1.165, 1.54) is 39.5 Å². The largest absolute Gasteiger partial charge is 0.495 e. The Morgan fingerprint density at radius 1 is 1.07 bits per heavy atom. The van der Waals surface area contributed by atoms with E-state index in [4.69, 9.17) is 32.7 Å². The number of allylic oxidation sites excluding steroid dienone is 1. The van der Waals surface area contributed by atoms with E-state index in [0.717, 1.165) is 4.31 Å². The number of hydrogen-bond acceptors (Lipinski definition) is 5. The molecule has 1 N–H and O–H groups in total. The predicted octanol–water partition coefficient (Wildman–Crippen LogP) is 3.51. The lowest BCUT2D eigenvalue weighted by Gasteiger charge is -2.24. The van der Waals surface area contributed by atoms with Gasteiger partial charge >= 0.3 is 10.2 Å². The van der Waals surface area contributed by atoms with Crippen molar-refractivity contribution in [2.75, 3.05) is 26.6 Å². The molecule has 8 nitrogen and oxygen atoms in total. The minimum Gasteiger partial charge on any atom is -0.495 e. The minimum atomic E-state index is -4.14. The number of carbonyl (C=O) groups is 1. The summed E-state index contributed by atoms with van der Waals surface area (Å²) in [7, 11) is -0.00253. The zero-order chi connectivity index (χ0) is 22.1. The fourth-order valence-corrected chi connectivity index (χ4v) is 4.03. The average molecular weight is 470 g/mol. The average Bonchev–Trinajstić information content (AvgIpc) is 2.69. The van der Waals surface area contributed by atoms with Crippen molar-refractivity contribution in [3.63, 3.8) is 0 Å². The number of carbonyl (C=O) groups excluding carboxylic acids is 1. The minimum absolute atomic E-state index is 0.0564. The molecule has 2 aromatic carbocycles. The van der Waals surface area contributed by atoms with Gasteiger partial charge in [0.2, 0.25) is 0 Å². The van der Waals surface area contributed by atoms with Crippen LogP contribution in [0.3, 0.4) is 0 Å². The molecule has 0 aromatic heterocycles. The molecule has 0 saturated carbocycles. The molecule has 2 aromatic rings. The second-order valence-electron chi connectivity index (χ2n) is 6.10. The standard InChI is InChI=1S/C19H17Cl2N3O5S/c1-24-16(19(25)22-15-9-12(20)5-7-18(15)29-3)10-14(23-30(24,26)27)11-4-6-17(28-2)13(21)8-11/h4-10H,1-3H3,(H,22,25). The van der Waals surface area contributed by atoms with Crippen LogP contribution in [0.2, 0.25) is 10.0 Å². The highest BCUT2D eigenvalue weighted by Crippen LogP contribution is 2.30. The molecule has 0 unspecified atom stereocenters. The number of methoxy groups -OCH3 is 2. The summed E-state index contributed by atoms with van der Waals surface area (Å²) in [5.74, 6) is 0.103. The summed E-state index contributed by atoms with van der Waals surface area (Å²) in [6.07, 6.45) is 1.35. The molecule has 1 aliphatic rings. The summed E-state index contributed by atoms with van der Waals surface area (Å²) in [5.41, 5.74) is 0.608. The summed E-state index contributed by atoms with van der Waals surface area (Å²) in [4.78, 5) is 12.9. The van der Waals surface area contributed by atoms with Gasteiger partial charge in [0.1, 0.15) is 17.2 Å². The second kappa shape index (κ2) is 8.55. The van der Waals surface area contributed by atoms with Crippen LogP contribution in [0, 0.1) is 0 Å². The van der Waals surface area contributed by atoms with E-state index in [2.05, 4.69) is 9.71 Å². The Bertz CT molecular complexity index is 1180. The summed E-state index contributed by atoms with van der Waals surface area (Å²) in [6.45, 7) is 0. The van der Waals surface area contributed by atoms with E-state index in [1.54, 1.807) is 24.3 Å². The molecule has 11 heteroatoms. The maximum absolute atomic E-state index is 12.9. The molecule has 0 saturated heterocycles. The number of benzene rings is 2. The van der Waals surface area contributed by atoms with Gasteiger partial charge in [-0.15, -0.1) is 4.40 Å². The van der Waals surface area contributed by atoms with Crippen molar-refractivity contribution < 1.29 is 22.7 Å². The molecule has 0 fully saturated rings. The van der Waals surface area contributed by atoms with Crippen LogP contribution in [-0.4, -0.2) is 45.6 Å². The molecule has 3 rings (SSSR count). The van der Waals surface area contributed by atoms with Crippen molar-refractivity contribution in [2.24, 2.45) is 4.40 Å². The summed E-state index contributed by atoms with van der Waals surface area (Å²) >= 11 is 12.1. The fourth-order valence-electron chi connectivity index (χ4n) is 2.69. The first kappa shape index (κ1) is 21.9. The summed E-state index contributed by atoms with van der Waals surface area (Å²) in [5, 5.41) is 3.27. The predicted molar refractivity (Wildman–Crippen MR) is 116 cm³/mol. The first-order valence-electron chi connectivity index (χ1n) is 8.45. The lowest BCUT2D eigenvalue weighted by molar-refractivity contribution is -0.113. The smallest absolute Gasteiger partial charge is 0.345 e. The summed E-state index contributed by atoms with van der Waals surface area (Å²) in [6, 6.07) is 9.36. The first-order chi connectivity index (χ1) is 14.2. The molecule has 0 atom stereocenters. The second-order valence-corrected chi connectivity index (χ2v) is 8.57. The quantitative estimate of drug-likeness (QED) is 0.722. The lowest BCUT2D eigenvalue weighted by atomic mass is 10.1. The van der Waals surface area contributed by atoms with Gasteiger partial charge in [-0.2, -0.15) is 8.42 Å². The number of hydrogen-bond donors (Lipinski definition) is 1. The van der Waals surface area contributed by atoms with Crippen molar-refractivity contribution in [3.8, 4) is 11.5 Å². The number of likely N-dealkylation sites (N-methyl/N-ethyl adjacent to an activating group) is 1. The monoisotopic (exact) mass is 469 g/mol. The molecule has 1 amide bonds. The van der Waals surface area contributed by atoms with E-state index in [-0.39, 0.29) is 16.4 Å². The van der Waals surface area contributed by atoms with Crippen LogP contribution in [0.4, 0.5) is 5.69 Å². The number of rotatable bonds is 5. The van der Waals surface area contributed by atoms with Crippen LogP contribution in [0.25, 0.3) is 0 Å². The van der Waals surface area contributed by atoms with Gasteiger partial charge in [-0.25, -0.2) is 4.31 Å². The normalized spacial score (nSPS) is 15.2. The van der Waals surface area contributed by atoms with Gasteiger partial charge in [-0.3, -0.25) is 4.79 Å². The zero-order valence-electron chi connectivity index (χ0n) is 16.1. The lowest BCUT2D eigenvalue weighted by Crippen LogP contribution is -2.35. The van der Waals surface area contributed by atoms with E-state index in [0.29, 0.717) is 27.8 Å². The Labute approximate surface area is 183 Å². The van der Waals surface area contributed by atoms with E-state index in [1.807, 2.05) is 0 Å². The van der Waals surface area contributed by atoms with Crippen LogP contribution >= 0.6 is 23.2 Å². The Balaban J connectivity index is 2.01. The summed E-state index contributed by atoms with van der Waals surface area (Å²) < 4.78 is 39.9. The Hall–Kier alpha value is -2.75. The topological polar surface area (TPSA) is 97.3 Å². The van der Waals surface area contributed by atoms with E-state index in [9.17, 15) is 13.2 Å². The maximum atomic E-state index is 12.9. The molecule has 158 valence electrons. The third-order valence-electron chi connectivity index (χ3n) is 4.26. The highest BCUT2D eigenvalue weighted by Gasteiger charge is 2.30. The third-order valence-corrected chi connectivity index (χ3v) is 6.11. The fraction of sp³-hybridized carbons (Fsp3) is 0.158. The van der Waals surface area contributed by atoms with Crippen molar-refractivity contribution >= 4 is 50.7 Å². The van der Waals surface area contributed by atoms with Crippen molar-refractivity contribution in [3.05, 3.63) is 63.8 Å². The van der Waals surface area contributed by atoms with Gasteiger partial charge < -0.3 is 14.8 Å². The SMILES string of the molecule is COc1ccc(C2=NS(=O)(=O)N(C)C(C(=O)Nc3cc(Cl)ccc3OC)=C2)cc1Cl. The first-order valence-corrected chi connectivity index (χ1v) is 10.6. The van der Waals surface area contributed by atoms with Crippen LogP contribution in [0.15, 0.2) is 52.6 Å². The van der Waals surface area contributed by atoms with Gasteiger partial charge in [0.15, 0.2) is 0 Å². The highest BCUT2D eigenvalue weighted by atomic mass is 35.5. The molecular formula is C19H17Cl2N3O5S. The highest BCUT2D eigenvalue weighted by molar-refractivity contribution is 7.88. The molecule has 0 spiro atoms. The van der Waals surface area contributed by atoms with Crippen molar-refractivity contribution in [2.45, 2.75) is 0 Å². The molecule has 0 bridgehead atoms. The third kappa shape index (κ3) is 4.38. The van der Waals surface area contributed by atoms with Crippen LogP contribution < -0.4 is 14.8 Å². The Morgan fingerprint density at radius 2 is 1.73 bits per heavy atom. The molecular weight excluding hydrogens is 453 g/mol. The molecule has 0 radical (unpaired) electrons. The van der Waals surface area contributed by atoms with Gasteiger partial charge in [-0.05, 0) is 42.5 Å². The van der Waals surface area contributed by atoms with Crippen LogP contribution in [0.1, 0.15) is 5.56 Å². The van der Waals surface area contributed by atoms with Crippen LogP contribution in [-0.2, 0) is 15.0 Å². The van der Waals surface area contributed by atoms with Crippen molar-refractivity contribution in [1.82, 2.24) is 4.31 Å². The zero-order valence-corrected chi connectivity index (χ0v) is 18.5. The van der Waals surface area contributed by atoms with Crippen molar-refractivity contribution in [1.29, 1.82) is 0 Å². The maximum Gasteiger partial charge on any atom is 0.345 e. The Kier molecular flexibility index (Phi) is 6.25. The number of nitrogens with zero attached hydrogens (tertiary/aromatic N) is 2. The van der Waals surface area contributed by atoms with Gasteiger partial charge in [0, 0.05) is 17.6 Å².